The molecule has 1 aliphatic heterocycles. The number of rotatable bonds is 6. The number of carbonyl (C=O) groups is 1. The highest BCUT2D eigenvalue weighted by atomic mass is 16.5. The van der Waals surface area contributed by atoms with Gasteiger partial charge in [0.15, 0.2) is 0 Å². The van der Waals surface area contributed by atoms with Gasteiger partial charge >= 0.3 is 0 Å². The van der Waals surface area contributed by atoms with Crippen molar-refractivity contribution in [1.29, 1.82) is 0 Å². The lowest BCUT2D eigenvalue weighted by molar-refractivity contribution is -0.128. The third kappa shape index (κ3) is 3.47. The van der Waals surface area contributed by atoms with E-state index in [0.29, 0.717) is 26.0 Å². The lowest BCUT2D eigenvalue weighted by atomic mass is 10.1. The third-order valence-electron chi connectivity index (χ3n) is 3.13. The molecule has 0 atom stereocenters. The van der Waals surface area contributed by atoms with Gasteiger partial charge in [-0.1, -0.05) is 12.1 Å². The zero-order valence-electron chi connectivity index (χ0n) is 10.5. The lowest BCUT2D eigenvalue weighted by Crippen LogP contribution is -2.29. The summed E-state index contributed by atoms with van der Waals surface area (Å²) in [5.41, 5.74) is 1.10. The van der Waals surface area contributed by atoms with E-state index < -0.39 is 0 Å². The van der Waals surface area contributed by atoms with Crippen LogP contribution in [0.2, 0.25) is 0 Å². The van der Waals surface area contributed by atoms with Gasteiger partial charge in [-0.3, -0.25) is 4.79 Å². The molecule has 0 spiro atoms. The summed E-state index contributed by atoms with van der Waals surface area (Å²) in [5.74, 6) is 1.04. The highest BCUT2D eigenvalue weighted by Crippen LogP contribution is 2.13. The third-order valence-corrected chi connectivity index (χ3v) is 3.13. The average Bonchev–Trinajstić information content (AvgIpc) is 2.78. The minimum Gasteiger partial charge on any atom is -0.492 e. The molecule has 0 radical (unpaired) electrons. The molecular formula is C14H19NO3. The number of hydrogen-bond donors (Lipinski definition) is 1. The summed E-state index contributed by atoms with van der Waals surface area (Å²) in [4.78, 5) is 13.2. The van der Waals surface area contributed by atoms with Crippen molar-refractivity contribution in [2.24, 2.45) is 0 Å². The number of likely N-dealkylation sites (tertiary alicyclic amines) is 1. The van der Waals surface area contributed by atoms with Crippen LogP contribution in [-0.2, 0) is 11.2 Å². The zero-order valence-corrected chi connectivity index (χ0v) is 10.5. The first kappa shape index (κ1) is 12.9. The van der Waals surface area contributed by atoms with Gasteiger partial charge in [-0.25, -0.2) is 0 Å². The standard InChI is InChI=1S/C14H19NO3/c16-10-7-12-3-5-13(6-4-12)18-11-9-15-8-1-2-14(15)17/h3-6,16H,1-2,7-11H2. The van der Waals surface area contributed by atoms with Crippen molar-refractivity contribution < 1.29 is 14.6 Å². The van der Waals surface area contributed by atoms with Crippen LogP contribution in [0.4, 0.5) is 0 Å². The molecule has 1 saturated heterocycles. The number of amides is 1. The molecule has 4 nitrogen and oxygen atoms in total. The smallest absolute Gasteiger partial charge is 0.222 e. The van der Waals surface area contributed by atoms with E-state index in [1.54, 1.807) is 0 Å². The van der Waals surface area contributed by atoms with E-state index in [2.05, 4.69) is 0 Å². The predicted octanol–water partition coefficient (Wildman–Crippen LogP) is 1.22. The highest BCUT2D eigenvalue weighted by Gasteiger charge is 2.19. The van der Waals surface area contributed by atoms with Crippen molar-refractivity contribution in [1.82, 2.24) is 4.90 Å². The average molecular weight is 249 g/mol. The summed E-state index contributed by atoms with van der Waals surface area (Å²) in [6.07, 6.45) is 2.31. The maximum absolute atomic E-state index is 11.4. The SMILES string of the molecule is O=C1CCCN1CCOc1ccc(CCO)cc1. The predicted molar refractivity (Wildman–Crippen MR) is 68.5 cm³/mol. The van der Waals surface area contributed by atoms with E-state index >= 15 is 0 Å². The van der Waals surface area contributed by atoms with E-state index in [1.165, 1.54) is 0 Å². The first-order valence-electron chi connectivity index (χ1n) is 6.40. The Labute approximate surface area is 107 Å². The summed E-state index contributed by atoms with van der Waals surface area (Å²) in [7, 11) is 0. The number of benzene rings is 1. The molecule has 0 saturated carbocycles. The summed E-state index contributed by atoms with van der Waals surface area (Å²) in [5, 5.41) is 8.81. The Hall–Kier alpha value is -1.55. The second kappa shape index (κ2) is 6.40. The van der Waals surface area contributed by atoms with Gasteiger partial charge < -0.3 is 14.7 Å². The lowest BCUT2D eigenvalue weighted by Gasteiger charge is -2.15. The van der Waals surface area contributed by atoms with Gasteiger partial charge in [0.1, 0.15) is 12.4 Å². The first-order valence-corrected chi connectivity index (χ1v) is 6.40. The fourth-order valence-electron chi connectivity index (χ4n) is 2.10. The Morgan fingerprint density at radius 2 is 2.06 bits per heavy atom. The molecule has 2 rings (SSSR count). The molecule has 1 aliphatic rings. The Morgan fingerprint density at radius 3 is 2.67 bits per heavy atom. The zero-order chi connectivity index (χ0) is 12.8. The van der Waals surface area contributed by atoms with Gasteiger partial charge in [0, 0.05) is 19.6 Å². The largest absolute Gasteiger partial charge is 0.492 e. The van der Waals surface area contributed by atoms with Crippen LogP contribution in [0, 0.1) is 0 Å². The van der Waals surface area contributed by atoms with Crippen molar-refractivity contribution >= 4 is 5.91 Å². The van der Waals surface area contributed by atoms with Gasteiger partial charge in [0.2, 0.25) is 5.91 Å². The molecule has 1 amide bonds. The first-order chi connectivity index (χ1) is 8.79. The monoisotopic (exact) mass is 249 g/mol. The number of hydrogen-bond acceptors (Lipinski definition) is 3. The van der Waals surface area contributed by atoms with E-state index in [1.807, 2.05) is 29.2 Å². The van der Waals surface area contributed by atoms with Crippen molar-refractivity contribution in [2.45, 2.75) is 19.3 Å². The molecule has 1 N–H and O–H groups in total. The maximum atomic E-state index is 11.4. The van der Waals surface area contributed by atoms with Crippen LogP contribution in [0.5, 0.6) is 5.75 Å². The van der Waals surface area contributed by atoms with Crippen molar-refractivity contribution in [3.63, 3.8) is 0 Å². The van der Waals surface area contributed by atoms with Gasteiger partial charge in [-0.2, -0.15) is 0 Å². The summed E-state index contributed by atoms with van der Waals surface area (Å²) < 4.78 is 5.59. The van der Waals surface area contributed by atoms with E-state index in [-0.39, 0.29) is 12.5 Å². The summed E-state index contributed by atoms with van der Waals surface area (Å²) >= 11 is 0. The van der Waals surface area contributed by atoms with Crippen LogP contribution in [-0.4, -0.2) is 42.2 Å². The Kier molecular flexibility index (Phi) is 4.59. The van der Waals surface area contributed by atoms with Crippen LogP contribution in [0.25, 0.3) is 0 Å². The van der Waals surface area contributed by atoms with E-state index in [9.17, 15) is 4.79 Å². The second-order valence-electron chi connectivity index (χ2n) is 4.45. The van der Waals surface area contributed by atoms with Gasteiger partial charge in [-0.05, 0) is 30.5 Å². The second-order valence-corrected chi connectivity index (χ2v) is 4.45. The molecule has 1 aromatic carbocycles. The van der Waals surface area contributed by atoms with Crippen molar-refractivity contribution in [3.05, 3.63) is 29.8 Å². The van der Waals surface area contributed by atoms with Crippen LogP contribution in [0.15, 0.2) is 24.3 Å². The van der Waals surface area contributed by atoms with Crippen LogP contribution >= 0.6 is 0 Å². The molecule has 18 heavy (non-hydrogen) atoms. The van der Waals surface area contributed by atoms with Gasteiger partial charge in [0.05, 0.1) is 6.54 Å². The Morgan fingerprint density at radius 1 is 1.28 bits per heavy atom. The number of aliphatic hydroxyl groups excluding tert-OH is 1. The maximum Gasteiger partial charge on any atom is 0.222 e. The number of carbonyl (C=O) groups excluding carboxylic acids is 1. The molecule has 0 bridgehead atoms. The molecule has 0 aliphatic carbocycles. The van der Waals surface area contributed by atoms with E-state index in [0.717, 1.165) is 24.3 Å². The van der Waals surface area contributed by atoms with Crippen molar-refractivity contribution in [3.8, 4) is 5.75 Å². The molecule has 98 valence electrons. The summed E-state index contributed by atoms with van der Waals surface area (Å²) in [6, 6.07) is 7.70. The number of aliphatic hydroxyl groups is 1. The number of ether oxygens (including phenoxy) is 1. The molecule has 0 aromatic heterocycles. The molecule has 1 aromatic rings. The fourth-order valence-corrected chi connectivity index (χ4v) is 2.10. The minimum atomic E-state index is 0.164. The topological polar surface area (TPSA) is 49.8 Å². The Bertz CT molecular complexity index is 389. The van der Waals surface area contributed by atoms with Crippen LogP contribution in [0.1, 0.15) is 18.4 Å². The summed E-state index contributed by atoms with van der Waals surface area (Å²) in [6.45, 7) is 2.22. The highest BCUT2D eigenvalue weighted by molar-refractivity contribution is 5.78. The molecule has 4 heteroatoms. The van der Waals surface area contributed by atoms with Crippen LogP contribution in [0.3, 0.4) is 0 Å². The molecule has 1 fully saturated rings. The van der Waals surface area contributed by atoms with E-state index in [4.69, 9.17) is 9.84 Å². The molecular weight excluding hydrogens is 230 g/mol. The van der Waals surface area contributed by atoms with Gasteiger partial charge in [-0.15, -0.1) is 0 Å². The number of nitrogens with zero attached hydrogens (tertiary/aromatic N) is 1. The van der Waals surface area contributed by atoms with Gasteiger partial charge in [0.25, 0.3) is 0 Å². The quantitative estimate of drug-likeness (QED) is 0.824. The van der Waals surface area contributed by atoms with Crippen LogP contribution < -0.4 is 4.74 Å². The van der Waals surface area contributed by atoms with Crippen molar-refractivity contribution in [2.75, 3.05) is 26.3 Å². The minimum absolute atomic E-state index is 0.164. The fraction of sp³-hybridized carbons (Fsp3) is 0.500. The Balaban J connectivity index is 1.74. The molecule has 0 unspecified atom stereocenters. The molecule has 1 heterocycles. The normalized spacial score (nSPS) is 15.2.